The number of carbonyl (C=O) groups excluding carboxylic acids is 3. The van der Waals surface area contributed by atoms with Gasteiger partial charge in [0.15, 0.2) is 0 Å². The first-order valence-electron chi connectivity index (χ1n) is 9.73. The van der Waals surface area contributed by atoms with Gasteiger partial charge >= 0.3 is 0 Å². The number of fused-ring (bicyclic) bond motifs is 2. The summed E-state index contributed by atoms with van der Waals surface area (Å²) in [6.07, 6.45) is 0.667. The number of benzene rings is 2. The predicted octanol–water partition coefficient (Wildman–Crippen LogP) is 1.19. The molecule has 7 nitrogen and oxygen atoms in total. The number of hydrogen-bond acceptors (Lipinski definition) is 4. The van der Waals surface area contributed by atoms with Crippen molar-refractivity contribution in [3.05, 3.63) is 65.7 Å². The quantitative estimate of drug-likeness (QED) is 0.713. The third kappa shape index (κ3) is 3.49. The minimum atomic E-state index is -0.749. The van der Waals surface area contributed by atoms with Crippen molar-refractivity contribution in [1.82, 2.24) is 15.5 Å². The van der Waals surface area contributed by atoms with Gasteiger partial charge in [-0.05, 0) is 23.6 Å². The van der Waals surface area contributed by atoms with Crippen LogP contribution in [0.4, 0.5) is 5.69 Å². The van der Waals surface area contributed by atoms with Crippen LogP contribution in [0.2, 0.25) is 0 Å². The number of amides is 3. The number of hydrogen-bond donors (Lipinski definition) is 3. The van der Waals surface area contributed by atoms with Crippen LogP contribution in [0.25, 0.3) is 0 Å². The van der Waals surface area contributed by atoms with Crippen molar-refractivity contribution in [3.8, 4) is 0 Å². The van der Waals surface area contributed by atoms with Crippen molar-refractivity contribution in [3.63, 3.8) is 0 Å². The summed E-state index contributed by atoms with van der Waals surface area (Å²) in [6.45, 7) is 1.27. The summed E-state index contributed by atoms with van der Waals surface area (Å²) in [5, 5.41) is 8.39. The molecule has 0 radical (unpaired) electrons. The lowest BCUT2D eigenvalue weighted by atomic mass is 9.81. The van der Waals surface area contributed by atoms with E-state index in [9.17, 15) is 14.4 Å². The normalized spacial score (nSPS) is 21.5. The zero-order valence-electron chi connectivity index (χ0n) is 16.3. The van der Waals surface area contributed by atoms with Crippen molar-refractivity contribution in [2.45, 2.75) is 17.9 Å². The highest BCUT2D eigenvalue weighted by molar-refractivity contribution is 6.06. The van der Waals surface area contributed by atoms with Gasteiger partial charge < -0.3 is 16.0 Å². The van der Waals surface area contributed by atoms with Gasteiger partial charge in [-0.15, -0.1) is 0 Å². The van der Waals surface area contributed by atoms with Crippen LogP contribution in [0.3, 0.4) is 0 Å². The van der Waals surface area contributed by atoms with E-state index in [0.29, 0.717) is 19.5 Å². The molecule has 2 heterocycles. The number of rotatable bonds is 5. The molecule has 3 N–H and O–H groups in total. The van der Waals surface area contributed by atoms with Crippen molar-refractivity contribution < 1.29 is 14.4 Å². The molecule has 2 aromatic carbocycles. The van der Waals surface area contributed by atoms with Crippen molar-refractivity contribution in [2.24, 2.45) is 0 Å². The molecule has 0 aromatic heterocycles. The molecule has 0 saturated carbocycles. The Bertz CT molecular complexity index is 946. The second kappa shape index (κ2) is 7.67. The molecule has 2 unspecified atom stereocenters. The van der Waals surface area contributed by atoms with E-state index in [4.69, 9.17) is 0 Å². The van der Waals surface area contributed by atoms with E-state index in [1.165, 1.54) is 0 Å². The molecule has 7 heteroatoms. The molecular weight excluding hydrogens is 368 g/mol. The van der Waals surface area contributed by atoms with Gasteiger partial charge in [-0.3, -0.25) is 19.3 Å². The molecule has 2 aliphatic heterocycles. The first-order valence-corrected chi connectivity index (χ1v) is 9.73. The molecule has 1 fully saturated rings. The Balaban J connectivity index is 1.44. The fraction of sp³-hybridized carbons (Fsp3) is 0.318. The first-order chi connectivity index (χ1) is 14.0. The summed E-state index contributed by atoms with van der Waals surface area (Å²) in [7, 11) is 1.55. The van der Waals surface area contributed by atoms with Crippen LogP contribution >= 0.6 is 0 Å². The smallest absolute Gasteiger partial charge is 0.246 e. The molecule has 29 heavy (non-hydrogen) atoms. The average molecular weight is 392 g/mol. The van der Waals surface area contributed by atoms with Crippen LogP contribution in [0, 0.1) is 0 Å². The number of likely N-dealkylation sites (N-methyl/N-ethyl adjacent to an activating group) is 1. The van der Waals surface area contributed by atoms with Crippen LogP contribution in [0.15, 0.2) is 54.6 Å². The first kappa shape index (κ1) is 19.1. The molecule has 2 aliphatic rings. The number of carbonyl (C=O) groups is 3. The van der Waals surface area contributed by atoms with Crippen molar-refractivity contribution >= 4 is 23.4 Å². The summed E-state index contributed by atoms with van der Waals surface area (Å²) in [6, 6.07) is 16.1. The van der Waals surface area contributed by atoms with Crippen LogP contribution in [-0.4, -0.2) is 49.3 Å². The largest absolute Gasteiger partial charge is 0.357 e. The number of nitrogens with one attached hydrogen (secondary N) is 3. The number of nitrogens with zero attached hydrogens (tertiary/aromatic N) is 1. The van der Waals surface area contributed by atoms with Gasteiger partial charge in [-0.1, -0.05) is 48.5 Å². The highest BCUT2D eigenvalue weighted by Crippen LogP contribution is 2.43. The summed E-state index contributed by atoms with van der Waals surface area (Å²) in [5.74, 6) is -0.521. The van der Waals surface area contributed by atoms with Gasteiger partial charge in [0, 0.05) is 25.8 Å². The standard InChI is InChI=1S/C22H24N4O3/c1-23-20(28)19(15-7-3-2-4-8-15)25-18(27)13-26-12-11-22(14-26)16-9-5-6-10-17(16)24-21(22)29/h2-10,19H,11-14H2,1H3,(H,23,28)(H,24,29)(H,25,27). The fourth-order valence-corrected chi connectivity index (χ4v) is 4.30. The van der Waals surface area contributed by atoms with Gasteiger partial charge in [0.1, 0.15) is 6.04 Å². The Kier molecular flexibility index (Phi) is 5.07. The summed E-state index contributed by atoms with van der Waals surface area (Å²) >= 11 is 0. The Labute approximate surface area is 169 Å². The lowest BCUT2D eigenvalue weighted by Crippen LogP contribution is -2.44. The molecule has 2 atom stereocenters. The maximum Gasteiger partial charge on any atom is 0.246 e. The number of likely N-dealkylation sites (tertiary alicyclic amines) is 1. The van der Waals surface area contributed by atoms with E-state index in [1.54, 1.807) is 7.05 Å². The van der Waals surface area contributed by atoms with Gasteiger partial charge in [0.2, 0.25) is 17.7 Å². The lowest BCUT2D eigenvalue weighted by molar-refractivity contribution is -0.129. The second-order valence-electron chi connectivity index (χ2n) is 7.57. The Morgan fingerprint density at radius 1 is 1.14 bits per heavy atom. The minimum Gasteiger partial charge on any atom is -0.357 e. The van der Waals surface area contributed by atoms with Gasteiger partial charge in [-0.25, -0.2) is 0 Å². The lowest BCUT2D eigenvalue weighted by Gasteiger charge is -2.23. The van der Waals surface area contributed by atoms with Crippen LogP contribution in [-0.2, 0) is 19.8 Å². The van der Waals surface area contributed by atoms with Crippen LogP contribution in [0.1, 0.15) is 23.6 Å². The Morgan fingerprint density at radius 3 is 2.62 bits per heavy atom. The van der Waals surface area contributed by atoms with E-state index < -0.39 is 11.5 Å². The molecule has 150 valence electrons. The van der Waals surface area contributed by atoms with Crippen molar-refractivity contribution in [1.29, 1.82) is 0 Å². The summed E-state index contributed by atoms with van der Waals surface area (Å²) in [5.41, 5.74) is 1.98. The molecule has 3 amide bonds. The van der Waals surface area contributed by atoms with E-state index in [0.717, 1.165) is 16.8 Å². The molecule has 1 spiro atoms. The topological polar surface area (TPSA) is 90.5 Å². The zero-order chi connectivity index (χ0) is 20.4. The maximum absolute atomic E-state index is 12.7. The van der Waals surface area contributed by atoms with Crippen LogP contribution < -0.4 is 16.0 Å². The molecule has 4 rings (SSSR count). The molecular formula is C22H24N4O3. The Hall–Kier alpha value is -3.19. The third-order valence-electron chi connectivity index (χ3n) is 5.79. The van der Waals surface area contributed by atoms with E-state index in [2.05, 4.69) is 16.0 Å². The predicted molar refractivity (Wildman–Crippen MR) is 109 cm³/mol. The number of anilines is 1. The average Bonchev–Trinajstić information content (AvgIpc) is 3.28. The Morgan fingerprint density at radius 2 is 1.86 bits per heavy atom. The SMILES string of the molecule is CNC(=O)C(NC(=O)CN1CCC2(C1)C(=O)Nc1ccccc12)c1ccccc1. The summed E-state index contributed by atoms with van der Waals surface area (Å²) in [4.78, 5) is 39.6. The summed E-state index contributed by atoms with van der Waals surface area (Å²) < 4.78 is 0. The highest BCUT2D eigenvalue weighted by Gasteiger charge is 2.51. The molecule has 0 aliphatic carbocycles. The highest BCUT2D eigenvalue weighted by atomic mass is 16.2. The van der Waals surface area contributed by atoms with Gasteiger partial charge in [0.25, 0.3) is 0 Å². The van der Waals surface area contributed by atoms with Crippen molar-refractivity contribution in [2.75, 3.05) is 32.0 Å². The monoisotopic (exact) mass is 392 g/mol. The van der Waals surface area contributed by atoms with E-state index >= 15 is 0 Å². The number of para-hydroxylation sites is 1. The van der Waals surface area contributed by atoms with Gasteiger partial charge in [-0.2, -0.15) is 0 Å². The minimum absolute atomic E-state index is 0.00543. The second-order valence-corrected chi connectivity index (χ2v) is 7.57. The van der Waals surface area contributed by atoms with E-state index in [-0.39, 0.29) is 24.3 Å². The zero-order valence-corrected chi connectivity index (χ0v) is 16.3. The van der Waals surface area contributed by atoms with E-state index in [1.807, 2.05) is 59.5 Å². The molecule has 0 bridgehead atoms. The fourth-order valence-electron chi connectivity index (χ4n) is 4.30. The molecule has 1 saturated heterocycles. The van der Waals surface area contributed by atoms with Gasteiger partial charge in [0.05, 0.1) is 12.0 Å². The van der Waals surface area contributed by atoms with Crippen LogP contribution in [0.5, 0.6) is 0 Å². The maximum atomic E-state index is 12.7. The third-order valence-corrected chi connectivity index (χ3v) is 5.79. The molecule has 2 aromatic rings.